The highest BCUT2D eigenvalue weighted by Crippen LogP contribution is 2.27. The highest BCUT2D eigenvalue weighted by Gasteiger charge is 2.35. The molecule has 1 aromatic heterocycles. The standard InChI is InChI=1S/C17H22N4O2/c1-17(2,18-16(23)13-9-6-10-14(13)22)15-11-21(20-19-15)12-7-4-3-5-8-12/h3-5,7-8,11,13-14,22H,6,9-10H2,1-2H3,(H,18,23). The lowest BCUT2D eigenvalue weighted by atomic mass is 9.98. The first-order valence-corrected chi connectivity index (χ1v) is 7.96. The van der Waals surface area contributed by atoms with E-state index < -0.39 is 11.6 Å². The summed E-state index contributed by atoms with van der Waals surface area (Å²) in [6, 6.07) is 9.70. The Hall–Kier alpha value is -2.21. The summed E-state index contributed by atoms with van der Waals surface area (Å²) < 4.78 is 1.69. The van der Waals surface area contributed by atoms with Crippen LogP contribution < -0.4 is 5.32 Å². The minimum Gasteiger partial charge on any atom is -0.392 e. The van der Waals surface area contributed by atoms with Gasteiger partial charge < -0.3 is 10.4 Å². The van der Waals surface area contributed by atoms with Crippen molar-refractivity contribution in [3.8, 4) is 5.69 Å². The highest BCUT2D eigenvalue weighted by molar-refractivity contribution is 5.80. The van der Waals surface area contributed by atoms with Gasteiger partial charge in [0.1, 0.15) is 5.69 Å². The Morgan fingerprint density at radius 1 is 1.30 bits per heavy atom. The molecule has 1 heterocycles. The first-order chi connectivity index (χ1) is 11.0. The molecule has 1 amide bonds. The van der Waals surface area contributed by atoms with Gasteiger partial charge in [0.15, 0.2) is 0 Å². The van der Waals surface area contributed by atoms with Gasteiger partial charge >= 0.3 is 0 Å². The van der Waals surface area contributed by atoms with Crippen molar-refractivity contribution in [2.45, 2.75) is 44.8 Å². The number of carbonyl (C=O) groups is 1. The van der Waals surface area contributed by atoms with Crippen LogP contribution in [0, 0.1) is 5.92 Å². The summed E-state index contributed by atoms with van der Waals surface area (Å²) in [5, 5.41) is 21.2. The van der Waals surface area contributed by atoms with Crippen molar-refractivity contribution >= 4 is 5.91 Å². The number of aromatic nitrogens is 3. The van der Waals surface area contributed by atoms with Crippen LogP contribution in [0.5, 0.6) is 0 Å². The maximum absolute atomic E-state index is 12.4. The zero-order valence-corrected chi connectivity index (χ0v) is 13.4. The van der Waals surface area contributed by atoms with Crippen LogP contribution in [0.4, 0.5) is 0 Å². The first-order valence-electron chi connectivity index (χ1n) is 7.96. The number of carbonyl (C=O) groups excluding carboxylic acids is 1. The summed E-state index contributed by atoms with van der Waals surface area (Å²) in [6.45, 7) is 3.79. The highest BCUT2D eigenvalue weighted by atomic mass is 16.3. The molecular weight excluding hydrogens is 292 g/mol. The lowest BCUT2D eigenvalue weighted by molar-refractivity contribution is -0.129. The molecule has 2 aromatic rings. The number of hydrogen-bond acceptors (Lipinski definition) is 4. The number of nitrogens with one attached hydrogen (secondary N) is 1. The predicted molar refractivity (Wildman–Crippen MR) is 85.9 cm³/mol. The Morgan fingerprint density at radius 2 is 2.04 bits per heavy atom. The molecule has 0 saturated heterocycles. The van der Waals surface area contributed by atoms with Gasteiger partial charge in [-0.25, -0.2) is 4.68 Å². The third kappa shape index (κ3) is 3.27. The Labute approximate surface area is 135 Å². The molecule has 0 spiro atoms. The summed E-state index contributed by atoms with van der Waals surface area (Å²) in [6.07, 6.45) is 3.61. The number of rotatable bonds is 4. The van der Waals surface area contributed by atoms with Crippen LogP contribution in [-0.2, 0) is 10.3 Å². The van der Waals surface area contributed by atoms with Crippen molar-refractivity contribution in [3.05, 3.63) is 42.2 Å². The van der Waals surface area contributed by atoms with Crippen molar-refractivity contribution < 1.29 is 9.90 Å². The Balaban J connectivity index is 1.75. The van der Waals surface area contributed by atoms with Gasteiger partial charge in [-0.1, -0.05) is 23.4 Å². The third-order valence-electron chi connectivity index (χ3n) is 4.41. The van der Waals surface area contributed by atoms with Gasteiger partial charge in [0.25, 0.3) is 0 Å². The molecule has 1 saturated carbocycles. The second kappa shape index (κ2) is 6.12. The van der Waals surface area contributed by atoms with E-state index in [2.05, 4.69) is 15.6 Å². The molecular formula is C17H22N4O2. The first kappa shape index (κ1) is 15.7. The number of aliphatic hydroxyl groups excluding tert-OH is 1. The van der Waals surface area contributed by atoms with Crippen LogP contribution in [0.1, 0.15) is 38.8 Å². The fourth-order valence-corrected chi connectivity index (χ4v) is 2.97. The van der Waals surface area contributed by atoms with Crippen molar-refractivity contribution in [1.29, 1.82) is 0 Å². The number of hydrogen-bond donors (Lipinski definition) is 2. The summed E-state index contributed by atoms with van der Waals surface area (Å²) in [7, 11) is 0. The van der Waals surface area contributed by atoms with E-state index in [1.165, 1.54) is 0 Å². The quantitative estimate of drug-likeness (QED) is 0.901. The molecule has 2 atom stereocenters. The van der Waals surface area contributed by atoms with Gasteiger partial charge in [0, 0.05) is 0 Å². The van der Waals surface area contributed by atoms with Crippen LogP contribution >= 0.6 is 0 Å². The van der Waals surface area contributed by atoms with E-state index in [9.17, 15) is 9.90 Å². The van der Waals surface area contributed by atoms with E-state index in [0.29, 0.717) is 12.1 Å². The lowest BCUT2D eigenvalue weighted by Crippen LogP contribution is -2.45. The van der Waals surface area contributed by atoms with Gasteiger partial charge in [0.05, 0.1) is 29.4 Å². The molecule has 1 aliphatic rings. The van der Waals surface area contributed by atoms with Gasteiger partial charge in [-0.3, -0.25) is 4.79 Å². The fraction of sp³-hybridized carbons (Fsp3) is 0.471. The van der Waals surface area contributed by atoms with Gasteiger partial charge in [-0.05, 0) is 45.2 Å². The molecule has 2 N–H and O–H groups in total. The van der Waals surface area contributed by atoms with E-state index >= 15 is 0 Å². The van der Waals surface area contributed by atoms with Gasteiger partial charge in [0.2, 0.25) is 5.91 Å². The van der Waals surface area contributed by atoms with Crippen LogP contribution in [-0.4, -0.2) is 32.1 Å². The predicted octanol–water partition coefficient (Wildman–Crippen LogP) is 1.78. The molecule has 0 aliphatic heterocycles. The van der Waals surface area contributed by atoms with Crippen molar-refractivity contribution in [2.24, 2.45) is 5.92 Å². The largest absolute Gasteiger partial charge is 0.392 e. The number of para-hydroxylation sites is 1. The van der Waals surface area contributed by atoms with E-state index in [0.717, 1.165) is 18.5 Å². The van der Waals surface area contributed by atoms with E-state index in [-0.39, 0.29) is 11.8 Å². The second-order valence-corrected chi connectivity index (χ2v) is 6.60. The number of amides is 1. The molecule has 1 fully saturated rings. The molecule has 1 aromatic carbocycles. The molecule has 122 valence electrons. The van der Waals surface area contributed by atoms with Crippen molar-refractivity contribution in [2.75, 3.05) is 0 Å². The van der Waals surface area contributed by atoms with Crippen LogP contribution in [0.2, 0.25) is 0 Å². The molecule has 0 bridgehead atoms. The van der Waals surface area contributed by atoms with Crippen molar-refractivity contribution in [1.82, 2.24) is 20.3 Å². The van der Waals surface area contributed by atoms with Gasteiger partial charge in [-0.15, -0.1) is 5.10 Å². The second-order valence-electron chi connectivity index (χ2n) is 6.60. The lowest BCUT2D eigenvalue weighted by Gasteiger charge is -2.26. The average Bonchev–Trinajstić information content (AvgIpc) is 3.17. The number of benzene rings is 1. The summed E-state index contributed by atoms with van der Waals surface area (Å²) in [4.78, 5) is 12.4. The normalized spacial score (nSPS) is 21.3. The third-order valence-corrected chi connectivity index (χ3v) is 4.41. The smallest absolute Gasteiger partial charge is 0.226 e. The maximum atomic E-state index is 12.4. The SMILES string of the molecule is CC(C)(NC(=O)C1CCCC1O)c1cn(-c2ccccc2)nn1. The summed E-state index contributed by atoms with van der Waals surface area (Å²) >= 11 is 0. The van der Waals surface area contributed by atoms with E-state index in [1.54, 1.807) is 4.68 Å². The topological polar surface area (TPSA) is 80.0 Å². The van der Waals surface area contributed by atoms with Gasteiger partial charge in [-0.2, -0.15) is 0 Å². The Bertz CT molecular complexity index is 681. The molecule has 3 rings (SSSR count). The summed E-state index contributed by atoms with van der Waals surface area (Å²) in [5.41, 5.74) is 0.952. The monoisotopic (exact) mass is 314 g/mol. The zero-order chi connectivity index (χ0) is 16.4. The number of aliphatic hydroxyl groups is 1. The van der Waals surface area contributed by atoms with E-state index in [1.807, 2.05) is 50.4 Å². The van der Waals surface area contributed by atoms with Crippen LogP contribution in [0.15, 0.2) is 36.5 Å². The van der Waals surface area contributed by atoms with Crippen molar-refractivity contribution in [3.63, 3.8) is 0 Å². The molecule has 6 nitrogen and oxygen atoms in total. The van der Waals surface area contributed by atoms with Crippen LogP contribution in [0.25, 0.3) is 5.69 Å². The molecule has 1 aliphatic carbocycles. The fourth-order valence-electron chi connectivity index (χ4n) is 2.97. The average molecular weight is 314 g/mol. The minimum absolute atomic E-state index is 0.116. The number of nitrogens with zero attached hydrogens (tertiary/aromatic N) is 3. The minimum atomic E-state index is -0.646. The molecule has 23 heavy (non-hydrogen) atoms. The molecule has 6 heteroatoms. The van der Waals surface area contributed by atoms with Crippen LogP contribution in [0.3, 0.4) is 0 Å². The maximum Gasteiger partial charge on any atom is 0.226 e. The van der Waals surface area contributed by atoms with E-state index in [4.69, 9.17) is 0 Å². The Morgan fingerprint density at radius 3 is 2.70 bits per heavy atom. The Kier molecular flexibility index (Phi) is 4.17. The molecule has 2 unspecified atom stereocenters. The zero-order valence-electron chi connectivity index (χ0n) is 13.4. The summed E-state index contributed by atoms with van der Waals surface area (Å²) in [5.74, 6) is -0.437. The molecule has 0 radical (unpaired) electrons.